The fraction of sp³-hybridized carbons (Fsp3) is 0.333. The highest BCUT2D eigenvalue weighted by atomic mass is 35.5. The van der Waals surface area contributed by atoms with Crippen molar-refractivity contribution in [3.8, 4) is 6.07 Å². The second kappa shape index (κ2) is 4.84. The Bertz CT molecular complexity index is 539. The standard InChI is InChI=1S/C12H11ClN2O3/c1-7-10(3-2-8(4-14)11(7)13)15-9(5-16)6-18-12(15)17/h2-3,9,16H,5-6H2,1H3. The van der Waals surface area contributed by atoms with E-state index in [4.69, 9.17) is 21.6 Å². The number of ether oxygens (including phenoxy) is 1. The molecule has 1 aliphatic rings. The molecule has 1 heterocycles. The Balaban J connectivity index is 2.49. The van der Waals surface area contributed by atoms with E-state index in [9.17, 15) is 9.90 Å². The molecule has 1 N–H and O–H groups in total. The minimum absolute atomic E-state index is 0.145. The van der Waals surface area contributed by atoms with E-state index in [0.717, 1.165) is 0 Å². The van der Waals surface area contributed by atoms with Gasteiger partial charge in [-0.1, -0.05) is 11.6 Å². The highest BCUT2D eigenvalue weighted by Gasteiger charge is 2.35. The number of hydrogen-bond donors (Lipinski definition) is 1. The van der Waals surface area contributed by atoms with Crippen LogP contribution in [-0.4, -0.2) is 30.5 Å². The van der Waals surface area contributed by atoms with Crippen molar-refractivity contribution in [3.05, 3.63) is 28.3 Å². The number of carbonyl (C=O) groups is 1. The lowest BCUT2D eigenvalue weighted by Gasteiger charge is -2.22. The molecule has 94 valence electrons. The molecule has 1 saturated heterocycles. The molecular weight excluding hydrogens is 256 g/mol. The summed E-state index contributed by atoms with van der Waals surface area (Å²) in [5.41, 5.74) is 1.53. The molecule has 0 bridgehead atoms. The molecule has 1 fully saturated rings. The predicted molar refractivity (Wildman–Crippen MR) is 65.6 cm³/mol. The molecule has 1 unspecified atom stereocenters. The van der Waals surface area contributed by atoms with Crippen LogP contribution in [-0.2, 0) is 4.74 Å². The molecule has 5 nitrogen and oxygen atoms in total. The average Bonchev–Trinajstić information content (AvgIpc) is 2.74. The van der Waals surface area contributed by atoms with E-state index < -0.39 is 12.1 Å². The summed E-state index contributed by atoms with van der Waals surface area (Å²) in [6, 6.07) is 4.74. The first-order valence-electron chi connectivity index (χ1n) is 5.36. The van der Waals surface area contributed by atoms with Gasteiger partial charge in [0.15, 0.2) is 0 Å². The third-order valence-electron chi connectivity index (χ3n) is 2.91. The first-order chi connectivity index (χ1) is 8.60. The van der Waals surface area contributed by atoms with Crippen LogP contribution in [0.3, 0.4) is 0 Å². The highest BCUT2D eigenvalue weighted by Crippen LogP contribution is 2.32. The molecule has 0 radical (unpaired) electrons. The van der Waals surface area contributed by atoms with Crippen LogP contribution in [0.5, 0.6) is 0 Å². The Kier molecular flexibility index (Phi) is 3.41. The van der Waals surface area contributed by atoms with E-state index in [1.54, 1.807) is 19.1 Å². The van der Waals surface area contributed by atoms with Crippen molar-refractivity contribution >= 4 is 23.4 Å². The number of anilines is 1. The molecule has 0 aliphatic carbocycles. The average molecular weight is 267 g/mol. The first-order valence-corrected chi connectivity index (χ1v) is 5.74. The fourth-order valence-corrected chi connectivity index (χ4v) is 2.11. The monoisotopic (exact) mass is 266 g/mol. The summed E-state index contributed by atoms with van der Waals surface area (Å²) in [6.07, 6.45) is -0.516. The predicted octanol–water partition coefficient (Wildman–Crippen LogP) is 1.84. The Morgan fingerprint density at radius 2 is 2.39 bits per heavy atom. The van der Waals surface area contributed by atoms with Crippen LogP contribution in [0.4, 0.5) is 10.5 Å². The third-order valence-corrected chi connectivity index (χ3v) is 3.40. The Morgan fingerprint density at radius 1 is 1.67 bits per heavy atom. The van der Waals surface area contributed by atoms with Gasteiger partial charge in [0.25, 0.3) is 0 Å². The van der Waals surface area contributed by atoms with Gasteiger partial charge < -0.3 is 9.84 Å². The Morgan fingerprint density at radius 3 is 3.00 bits per heavy atom. The lowest BCUT2D eigenvalue weighted by molar-refractivity contribution is 0.174. The number of nitrogens with zero attached hydrogens (tertiary/aromatic N) is 2. The van der Waals surface area contributed by atoms with Gasteiger partial charge in [0.05, 0.1) is 28.9 Å². The summed E-state index contributed by atoms with van der Waals surface area (Å²) in [7, 11) is 0. The van der Waals surface area contributed by atoms with Crippen molar-refractivity contribution in [2.45, 2.75) is 13.0 Å². The van der Waals surface area contributed by atoms with Gasteiger partial charge in [0.1, 0.15) is 12.7 Å². The number of benzene rings is 1. The topological polar surface area (TPSA) is 73.6 Å². The molecule has 0 aromatic heterocycles. The van der Waals surface area contributed by atoms with Crippen molar-refractivity contribution < 1.29 is 14.6 Å². The summed E-state index contributed by atoms with van der Waals surface area (Å²) < 4.78 is 4.89. The van der Waals surface area contributed by atoms with Gasteiger partial charge in [-0.15, -0.1) is 0 Å². The molecule has 0 spiro atoms. The van der Waals surface area contributed by atoms with Gasteiger partial charge in [-0.05, 0) is 24.6 Å². The molecule has 1 aliphatic heterocycles. The highest BCUT2D eigenvalue weighted by molar-refractivity contribution is 6.33. The quantitative estimate of drug-likeness (QED) is 0.886. The summed E-state index contributed by atoms with van der Waals surface area (Å²) in [6.45, 7) is 1.67. The van der Waals surface area contributed by atoms with Gasteiger partial charge in [-0.3, -0.25) is 4.90 Å². The van der Waals surface area contributed by atoms with Crippen LogP contribution in [0.2, 0.25) is 5.02 Å². The summed E-state index contributed by atoms with van der Waals surface area (Å²) >= 11 is 6.05. The smallest absolute Gasteiger partial charge is 0.414 e. The molecule has 1 aromatic rings. The molecule has 18 heavy (non-hydrogen) atoms. The van der Waals surface area contributed by atoms with Crippen molar-refractivity contribution in [1.29, 1.82) is 5.26 Å². The lowest BCUT2D eigenvalue weighted by atomic mass is 10.1. The van der Waals surface area contributed by atoms with E-state index in [1.165, 1.54) is 4.90 Å². The van der Waals surface area contributed by atoms with Crippen LogP contribution in [0, 0.1) is 18.3 Å². The minimum Gasteiger partial charge on any atom is -0.447 e. The van der Waals surface area contributed by atoms with Crippen molar-refractivity contribution in [3.63, 3.8) is 0 Å². The maximum absolute atomic E-state index is 11.6. The zero-order valence-electron chi connectivity index (χ0n) is 9.68. The van der Waals surface area contributed by atoms with Crippen LogP contribution in [0.25, 0.3) is 0 Å². The zero-order valence-corrected chi connectivity index (χ0v) is 10.4. The van der Waals surface area contributed by atoms with Gasteiger partial charge >= 0.3 is 6.09 Å². The maximum atomic E-state index is 11.6. The number of nitriles is 1. The number of amides is 1. The number of cyclic esters (lactones) is 1. The number of carbonyl (C=O) groups excluding carboxylic acids is 1. The number of aliphatic hydroxyl groups is 1. The van der Waals surface area contributed by atoms with Crippen LogP contribution >= 0.6 is 11.6 Å². The van der Waals surface area contributed by atoms with Gasteiger partial charge in [-0.2, -0.15) is 5.26 Å². The van der Waals surface area contributed by atoms with Crippen molar-refractivity contribution in [2.24, 2.45) is 0 Å². The van der Waals surface area contributed by atoms with Gasteiger partial charge in [0, 0.05) is 0 Å². The lowest BCUT2D eigenvalue weighted by Crippen LogP contribution is -2.36. The SMILES string of the molecule is Cc1c(N2C(=O)OCC2CO)ccc(C#N)c1Cl. The molecule has 1 aromatic carbocycles. The summed E-state index contributed by atoms with van der Waals surface area (Å²) in [5.74, 6) is 0. The van der Waals surface area contributed by atoms with E-state index in [1.807, 2.05) is 6.07 Å². The molecule has 1 atom stereocenters. The minimum atomic E-state index is -0.516. The van der Waals surface area contributed by atoms with Crippen LogP contribution < -0.4 is 4.90 Å². The summed E-state index contributed by atoms with van der Waals surface area (Å²) in [4.78, 5) is 13.0. The molecule has 1 amide bonds. The number of hydrogen-bond acceptors (Lipinski definition) is 4. The summed E-state index contributed by atoms with van der Waals surface area (Å²) in [5, 5.41) is 18.4. The fourth-order valence-electron chi connectivity index (χ4n) is 1.91. The molecule has 0 saturated carbocycles. The van der Waals surface area contributed by atoms with Crippen molar-refractivity contribution in [2.75, 3.05) is 18.1 Å². The van der Waals surface area contributed by atoms with E-state index in [0.29, 0.717) is 21.8 Å². The van der Waals surface area contributed by atoms with Gasteiger partial charge in [-0.25, -0.2) is 4.79 Å². The van der Waals surface area contributed by atoms with Crippen LogP contribution in [0.1, 0.15) is 11.1 Å². The third kappa shape index (κ3) is 1.90. The van der Waals surface area contributed by atoms with Crippen molar-refractivity contribution in [1.82, 2.24) is 0 Å². The Labute approximate surface area is 109 Å². The van der Waals surface area contributed by atoms with Gasteiger partial charge in [0.2, 0.25) is 0 Å². The largest absolute Gasteiger partial charge is 0.447 e. The van der Waals surface area contributed by atoms with E-state index >= 15 is 0 Å². The number of aliphatic hydroxyl groups excluding tert-OH is 1. The second-order valence-electron chi connectivity index (χ2n) is 3.97. The maximum Gasteiger partial charge on any atom is 0.414 e. The zero-order chi connectivity index (χ0) is 13.3. The normalized spacial score (nSPS) is 18.7. The second-order valence-corrected chi connectivity index (χ2v) is 4.34. The van der Waals surface area contributed by atoms with E-state index in [-0.39, 0.29) is 13.2 Å². The number of halogens is 1. The number of rotatable bonds is 2. The van der Waals surface area contributed by atoms with Crippen LogP contribution in [0.15, 0.2) is 12.1 Å². The first kappa shape index (κ1) is 12.7. The Hall–Kier alpha value is -1.77. The van der Waals surface area contributed by atoms with E-state index in [2.05, 4.69) is 0 Å². The molecule has 6 heteroatoms. The molecular formula is C12H11ClN2O3. The molecule has 2 rings (SSSR count).